The number of β-amino-alcohol motifs (C(OH)–C–C–N with tert-alkyl or cyclic N) is 1. The van der Waals surface area contributed by atoms with Gasteiger partial charge in [0.25, 0.3) is 0 Å². The number of halogens is 1. The second-order valence-corrected chi connectivity index (χ2v) is 6.39. The highest BCUT2D eigenvalue weighted by Crippen LogP contribution is 2.23. The van der Waals surface area contributed by atoms with Gasteiger partial charge in [0.2, 0.25) is 0 Å². The van der Waals surface area contributed by atoms with E-state index in [1.807, 2.05) is 19.1 Å². The second-order valence-electron chi connectivity index (χ2n) is 5.47. The third kappa shape index (κ3) is 3.79. The Morgan fingerprint density at radius 2 is 2.33 bits per heavy atom. The lowest BCUT2D eigenvalue weighted by Crippen LogP contribution is -2.31. The molecule has 0 bridgehead atoms. The predicted octanol–water partition coefficient (Wildman–Crippen LogP) is 2.30. The monoisotopic (exact) mass is 312 g/mol. The van der Waals surface area contributed by atoms with E-state index in [4.69, 9.17) is 5.73 Å². The number of hydrogen-bond donors (Lipinski definition) is 2. The van der Waals surface area contributed by atoms with Crippen molar-refractivity contribution in [3.8, 4) is 0 Å². The van der Waals surface area contributed by atoms with Crippen LogP contribution in [0.5, 0.6) is 0 Å². The molecule has 0 radical (unpaired) electrons. The van der Waals surface area contributed by atoms with Crippen molar-refractivity contribution in [2.45, 2.75) is 31.4 Å². The Balaban J connectivity index is 1.84. The SMILES string of the molecule is CC1(O)CCN(CCC(N)c2cccc(Br)c2)C1. The van der Waals surface area contributed by atoms with Crippen molar-refractivity contribution in [2.75, 3.05) is 19.6 Å². The molecule has 1 fully saturated rings. The van der Waals surface area contributed by atoms with Crippen LogP contribution < -0.4 is 5.73 Å². The van der Waals surface area contributed by atoms with E-state index in [9.17, 15) is 5.11 Å². The first-order chi connectivity index (χ1) is 8.46. The molecule has 0 saturated carbocycles. The minimum absolute atomic E-state index is 0.0630. The first-order valence-electron chi connectivity index (χ1n) is 6.42. The Morgan fingerprint density at radius 1 is 1.56 bits per heavy atom. The van der Waals surface area contributed by atoms with Crippen molar-refractivity contribution in [2.24, 2.45) is 5.73 Å². The van der Waals surface area contributed by atoms with Crippen molar-refractivity contribution in [3.05, 3.63) is 34.3 Å². The third-order valence-electron chi connectivity index (χ3n) is 3.56. The zero-order valence-electron chi connectivity index (χ0n) is 10.8. The molecule has 0 spiro atoms. The highest BCUT2D eigenvalue weighted by atomic mass is 79.9. The lowest BCUT2D eigenvalue weighted by molar-refractivity contribution is 0.0684. The molecule has 1 aromatic carbocycles. The van der Waals surface area contributed by atoms with Crippen LogP contribution in [0.3, 0.4) is 0 Å². The van der Waals surface area contributed by atoms with E-state index in [0.29, 0.717) is 0 Å². The fraction of sp³-hybridized carbons (Fsp3) is 0.571. The zero-order valence-corrected chi connectivity index (χ0v) is 12.4. The molecular weight excluding hydrogens is 292 g/mol. The van der Waals surface area contributed by atoms with Gasteiger partial charge in [0.15, 0.2) is 0 Å². The van der Waals surface area contributed by atoms with Gasteiger partial charge in [0, 0.05) is 30.1 Å². The maximum atomic E-state index is 9.90. The van der Waals surface area contributed by atoms with E-state index < -0.39 is 5.60 Å². The summed E-state index contributed by atoms with van der Waals surface area (Å²) < 4.78 is 1.07. The molecule has 3 N–H and O–H groups in total. The van der Waals surface area contributed by atoms with Gasteiger partial charge in [-0.2, -0.15) is 0 Å². The summed E-state index contributed by atoms with van der Waals surface area (Å²) in [5.74, 6) is 0. The molecule has 2 rings (SSSR count). The molecule has 100 valence electrons. The maximum Gasteiger partial charge on any atom is 0.0758 e. The molecule has 2 unspecified atom stereocenters. The maximum absolute atomic E-state index is 9.90. The molecule has 0 aromatic heterocycles. The fourth-order valence-corrected chi connectivity index (χ4v) is 2.87. The number of likely N-dealkylation sites (tertiary alicyclic amines) is 1. The largest absolute Gasteiger partial charge is 0.389 e. The summed E-state index contributed by atoms with van der Waals surface area (Å²) in [7, 11) is 0. The Morgan fingerprint density at radius 3 is 2.94 bits per heavy atom. The van der Waals surface area contributed by atoms with Crippen molar-refractivity contribution < 1.29 is 5.11 Å². The molecule has 1 aliphatic heterocycles. The number of benzene rings is 1. The molecule has 18 heavy (non-hydrogen) atoms. The standard InChI is InChI=1S/C14H21BrN2O/c1-14(18)6-8-17(10-14)7-5-13(16)11-3-2-4-12(15)9-11/h2-4,9,13,18H,5-8,10,16H2,1H3. The van der Waals surface area contributed by atoms with E-state index in [-0.39, 0.29) is 6.04 Å². The molecule has 0 amide bonds. The fourth-order valence-electron chi connectivity index (χ4n) is 2.46. The number of hydrogen-bond acceptors (Lipinski definition) is 3. The van der Waals surface area contributed by atoms with E-state index in [1.54, 1.807) is 0 Å². The van der Waals surface area contributed by atoms with Crippen LogP contribution in [-0.2, 0) is 0 Å². The quantitative estimate of drug-likeness (QED) is 0.897. The molecular formula is C14H21BrN2O. The topological polar surface area (TPSA) is 49.5 Å². The molecule has 1 aliphatic rings. The Hall–Kier alpha value is -0.420. The summed E-state index contributed by atoms with van der Waals surface area (Å²) in [6.45, 7) is 4.58. The Labute approximate surface area is 117 Å². The van der Waals surface area contributed by atoms with E-state index in [1.165, 1.54) is 0 Å². The van der Waals surface area contributed by atoms with Crippen molar-refractivity contribution in [3.63, 3.8) is 0 Å². The van der Waals surface area contributed by atoms with E-state index >= 15 is 0 Å². The van der Waals surface area contributed by atoms with Crippen LogP contribution in [0.2, 0.25) is 0 Å². The lowest BCUT2D eigenvalue weighted by Gasteiger charge is -2.20. The van der Waals surface area contributed by atoms with Crippen LogP contribution in [0.15, 0.2) is 28.7 Å². The van der Waals surface area contributed by atoms with Crippen LogP contribution >= 0.6 is 15.9 Å². The van der Waals surface area contributed by atoms with E-state index in [2.05, 4.69) is 33.0 Å². The first kappa shape index (κ1) is 14.0. The van der Waals surface area contributed by atoms with Gasteiger partial charge >= 0.3 is 0 Å². The normalized spacial score (nSPS) is 26.4. The molecule has 4 heteroatoms. The summed E-state index contributed by atoms with van der Waals surface area (Å²) in [6, 6.07) is 8.22. The number of rotatable bonds is 4. The summed E-state index contributed by atoms with van der Waals surface area (Å²) in [4.78, 5) is 2.29. The number of nitrogens with zero attached hydrogens (tertiary/aromatic N) is 1. The highest BCUT2D eigenvalue weighted by molar-refractivity contribution is 9.10. The van der Waals surface area contributed by atoms with Gasteiger partial charge in [-0.3, -0.25) is 0 Å². The number of nitrogens with two attached hydrogens (primary N) is 1. The predicted molar refractivity (Wildman–Crippen MR) is 77.4 cm³/mol. The van der Waals surface area contributed by atoms with Gasteiger partial charge in [-0.15, -0.1) is 0 Å². The number of aliphatic hydroxyl groups is 1. The summed E-state index contributed by atoms with van der Waals surface area (Å²) in [5, 5.41) is 9.90. The molecule has 1 aromatic rings. The smallest absolute Gasteiger partial charge is 0.0758 e. The molecule has 3 nitrogen and oxygen atoms in total. The molecule has 1 saturated heterocycles. The first-order valence-corrected chi connectivity index (χ1v) is 7.21. The van der Waals surface area contributed by atoms with Crippen molar-refractivity contribution >= 4 is 15.9 Å². The Kier molecular flexibility index (Phi) is 4.43. The van der Waals surface area contributed by atoms with Gasteiger partial charge < -0.3 is 15.7 Å². The third-order valence-corrected chi connectivity index (χ3v) is 4.06. The van der Waals surface area contributed by atoms with Gasteiger partial charge in [-0.05, 0) is 37.5 Å². The summed E-state index contributed by atoms with van der Waals surface area (Å²) >= 11 is 3.46. The van der Waals surface area contributed by atoms with Gasteiger partial charge in [-0.1, -0.05) is 28.1 Å². The second kappa shape index (κ2) is 5.70. The van der Waals surface area contributed by atoms with E-state index in [0.717, 1.165) is 42.5 Å². The van der Waals surface area contributed by atoms with Crippen LogP contribution in [0.4, 0.5) is 0 Å². The summed E-state index contributed by atoms with van der Waals surface area (Å²) in [5.41, 5.74) is 6.85. The Bertz CT molecular complexity index is 409. The average Bonchev–Trinajstić information content (AvgIpc) is 2.66. The van der Waals surface area contributed by atoms with Gasteiger partial charge in [-0.25, -0.2) is 0 Å². The van der Waals surface area contributed by atoms with Crippen LogP contribution in [0.1, 0.15) is 31.4 Å². The highest BCUT2D eigenvalue weighted by Gasteiger charge is 2.30. The molecule has 0 aliphatic carbocycles. The zero-order chi connectivity index (χ0) is 13.2. The van der Waals surface area contributed by atoms with Crippen LogP contribution in [-0.4, -0.2) is 35.2 Å². The minimum Gasteiger partial charge on any atom is -0.389 e. The van der Waals surface area contributed by atoms with Crippen molar-refractivity contribution in [1.82, 2.24) is 4.90 Å². The van der Waals surface area contributed by atoms with Crippen LogP contribution in [0.25, 0.3) is 0 Å². The van der Waals surface area contributed by atoms with Gasteiger partial charge in [0.05, 0.1) is 5.60 Å². The van der Waals surface area contributed by atoms with Crippen molar-refractivity contribution in [1.29, 1.82) is 0 Å². The van der Waals surface area contributed by atoms with Crippen LogP contribution in [0, 0.1) is 0 Å². The average molecular weight is 313 g/mol. The minimum atomic E-state index is -0.514. The van der Waals surface area contributed by atoms with Gasteiger partial charge in [0.1, 0.15) is 0 Å². The molecule has 2 atom stereocenters. The lowest BCUT2D eigenvalue weighted by atomic mass is 10.0. The molecule has 1 heterocycles. The summed E-state index contributed by atoms with van der Waals surface area (Å²) in [6.07, 6.45) is 1.78.